The quantitative estimate of drug-likeness (QED) is 0.754. The second-order valence-electron chi connectivity index (χ2n) is 5.08. The van der Waals surface area contributed by atoms with Crippen LogP contribution in [0, 0.1) is 0 Å². The molecular formula is C12H24N2O. The Morgan fingerprint density at radius 3 is 2.60 bits per heavy atom. The Balaban J connectivity index is 1.86. The molecule has 0 aromatic heterocycles. The predicted molar refractivity (Wildman–Crippen MR) is 61.9 cm³/mol. The van der Waals surface area contributed by atoms with Gasteiger partial charge < -0.3 is 10.0 Å². The molecule has 0 aromatic carbocycles. The summed E-state index contributed by atoms with van der Waals surface area (Å²) >= 11 is 0. The highest BCUT2D eigenvalue weighted by Gasteiger charge is 2.29. The highest BCUT2D eigenvalue weighted by molar-refractivity contribution is 4.86. The van der Waals surface area contributed by atoms with Crippen molar-refractivity contribution in [1.29, 1.82) is 0 Å². The molecule has 1 aliphatic heterocycles. The number of likely N-dealkylation sites (N-methyl/N-ethyl adjacent to an activating group) is 1. The summed E-state index contributed by atoms with van der Waals surface area (Å²) in [6.45, 7) is 3.89. The van der Waals surface area contributed by atoms with Crippen LogP contribution in [0.4, 0.5) is 0 Å². The smallest absolute Gasteiger partial charge is 0.0446 e. The SMILES string of the molecule is CN1CCN(C2CCCC2)CC1CCO. The summed E-state index contributed by atoms with van der Waals surface area (Å²) < 4.78 is 0. The summed E-state index contributed by atoms with van der Waals surface area (Å²) in [6.07, 6.45) is 6.56. The Morgan fingerprint density at radius 1 is 1.20 bits per heavy atom. The molecule has 15 heavy (non-hydrogen) atoms. The topological polar surface area (TPSA) is 26.7 Å². The van der Waals surface area contributed by atoms with E-state index >= 15 is 0 Å². The maximum atomic E-state index is 9.04. The van der Waals surface area contributed by atoms with E-state index < -0.39 is 0 Å². The van der Waals surface area contributed by atoms with Crippen molar-refractivity contribution >= 4 is 0 Å². The first-order valence-electron chi connectivity index (χ1n) is 6.36. The highest BCUT2D eigenvalue weighted by atomic mass is 16.3. The van der Waals surface area contributed by atoms with Gasteiger partial charge in [0.1, 0.15) is 0 Å². The van der Waals surface area contributed by atoms with Gasteiger partial charge in [-0.2, -0.15) is 0 Å². The molecule has 0 radical (unpaired) electrons. The zero-order chi connectivity index (χ0) is 10.7. The number of nitrogens with zero attached hydrogens (tertiary/aromatic N) is 2. The van der Waals surface area contributed by atoms with E-state index in [2.05, 4.69) is 16.8 Å². The number of hydrogen-bond acceptors (Lipinski definition) is 3. The molecule has 1 heterocycles. The lowest BCUT2D eigenvalue weighted by Crippen LogP contribution is -2.54. The second kappa shape index (κ2) is 5.28. The molecule has 0 bridgehead atoms. The van der Waals surface area contributed by atoms with Gasteiger partial charge >= 0.3 is 0 Å². The summed E-state index contributed by atoms with van der Waals surface area (Å²) in [4.78, 5) is 5.06. The lowest BCUT2D eigenvalue weighted by molar-refractivity contribution is 0.0535. The van der Waals surface area contributed by atoms with Crippen molar-refractivity contribution in [1.82, 2.24) is 9.80 Å². The van der Waals surface area contributed by atoms with E-state index in [-0.39, 0.29) is 0 Å². The van der Waals surface area contributed by atoms with Crippen molar-refractivity contribution in [2.75, 3.05) is 33.3 Å². The molecule has 3 nitrogen and oxygen atoms in total. The largest absolute Gasteiger partial charge is 0.396 e. The van der Waals surface area contributed by atoms with Crippen LogP contribution in [0.2, 0.25) is 0 Å². The average molecular weight is 212 g/mol. The number of aliphatic hydroxyl groups is 1. The van der Waals surface area contributed by atoms with Crippen molar-refractivity contribution in [3.05, 3.63) is 0 Å². The molecule has 1 unspecified atom stereocenters. The fraction of sp³-hybridized carbons (Fsp3) is 1.00. The zero-order valence-electron chi connectivity index (χ0n) is 9.86. The van der Waals surface area contributed by atoms with Crippen molar-refractivity contribution in [2.45, 2.75) is 44.2 Å². The van der Waals surface area contributed by atoms with Gasteiger partial charge in [-0.3, -0.25) is 4.90 Å². The molecule has 0 amide bonds. The third-order valence-electron chi connectivity index (χ3n) is 4.11. The first kappa shape index (κ1) is 11.4. The van der Waals surface area contributed by atoms with Gasteiger partial charge in [0.25, 0.3) is 0 Å². The Kier molecular flexibility index (Phi) is 4.00. The third kappa shape index (κ3) is 2.71. The van der Waals surface area contributed by atoms with Gasteiger partial charge in [-0.15, -0.1) is 0 Å². The lowest BCUT2D eigenvalue weighted by Gasteiger charge is -2.42. The molecule has 1 aliphatic carbocycles. The van der Waals surface area contributed by atoms with E-state index in [1.165, 1.54) is 45.3 Å². The van der Waals surface area contributed by atoms with Gasteiger partial charge in [-0.1, -0.05) is 12.8 Å². The third-order valence-corrected chi connectivity index (χ3v) is 4.11. The van der Waals surface area contributed by atoms with Gasteiger partial charge in [0.05, 0.1) is 0 Å². The van der Waals surface area contributed by atoms with Crippen molar-refractivity contribution < 1.29 is 5.11 Å². The van der Waals surface area contributed by atoms with Gasteiger partial charge in [-0.05, 0) is 26.3 Å². The molecule has 1 N–H and O–H groups in total. The summed E-state index contributed by atoms with van der Waals surface area (Å²) in [6, 6.07) is 1.42. The van der Waals surface area contributed by atoms with E-state index in [0.29, 0.717) is 12.6 Å². The Morgan fingerprint density at radius 2 is 1.93 bits per heavy atom. The van der Waals surface area contributed by atoms with E-state index in [1.807, 2.05) is 0 Å². The summed E-state index contributed by atoms with van der Waals surface area (Å²) in [5.74, 6) is 0. The molecule has 88 valence electrons. The lowest BCUT2D eigenvalue weighted by atomic mass is 10.1. The van der Waals surface area contributed by atoms with E-state index in [1.54, 1.807) is 0 Å². The van der Waals surface area contributed by atoms with Crippen molar-refractivity contribution in [2.24, 2.45) is 0 Å². The Labute approximate surface area is 93.1 Å². The number of piperazine rings is 1. The molecule has 1 saturated carbocycles. The van der Waals surface area contributed by atoms with Crippen LogP contribution in [-0.2, 0) is 0 Å². The monoisotopic (exact) mass is 212 g/mol. The molecule has 3 heteroatoms. The van der Waals surface area contributed by atoms with Crippen LogP contribution in [-0.4, -0.2) is 60.3 Å². The second-order valence-corrected chi connectivity index (χ2v) is 5.08. The maximum absolute atomic E-state index is 9.04. The predicted octanol–water partition coefficient (Wildman–Crippen LogP) is 0.927. The average Bonchev–Trinajstić information content (AvgIpc) is 2.75. The number of hydrogen-bond donors (Lipinski definition) is 1. The van der Waals surface area contributed by atoms with Crippen LogP contribution in [0.15, 0.2) is 0 Å². The molecule has 0 aromatic rings. The Bertz CT molecular complexity index is 192. The zero-order valence-corrected chi connectivity index (χ0v) is 9.86. The van der Waals surface area contributed by atoms with Gasteiger partial charge in [0, 0.05) is 38.3 Å². The van der Waals surface area contributed by atoms with Gasteiger partial charge in [-0.25, -0.2) is 0 Å². The minimum absolute atomic E-state index is 0.327. The standard InChI is InChI=1S/C12H24N2O/c1-13-7-8-14(10-12(13)6-9-15)11-4-2-3-5-11/h11-12,15H,2-10H2,1H3. The minimum atomic E-state index is 0.327. The fourth-order valence-corrected chi connectivity index (χ4v) is 3.03. The summed E-state index contributed by atoms with van der Waals surface area (Å²) in [7, 11) is 2.19. The maximum Gasteiger partial charge on any atom is 0.0446 e. The first-order valence-corrected chi connectivity index (χ1v) is 6.36. The van der Waals surface area contributed by atoms with E-state index in [0.717, 1.165) is 12.5 Å². The van der Waals surface area contributed by atoms with Crippen molar-refractivity contribution in [3.8, 4) is 0 Å². The van der Waals surface area contributed by atoms with E-state index in [4.69, 9.17) is 5.11 Å². The van der Waals surface area contributed by atoms with Crippen LogP contribution in [0.3, 0.4) is 0 Å². The van der Waals surface area contributed by atoms with Gasteiger partial charge in [0.2, 0.25) is 0 Å². The molecule has 1 atom stereocenters. The van der Waals surface area contributed by atoms with Crippen LogP contribution >= 0.6 is 0 Å². The molecule has 0 spiro atoms. The van der Waals surface area contributed by atoms with Gasteiger partial charge in [0.15, 0.2) is 0 Å². The van der Waals surface area contributed by atoms with Crippen molar-refractivity contribution in [3.63, 3.8) is 0 Å². The molecule has 2 rings (SSSR count). The fourth-order valence-electron chi connectivity index (χ4n) is 3.03. The number of aliphatic hydroxyl groups excluding tert-OH is 1. The van der Waals surface area contributed by atoms with Crippen LogP contribution < -0.4 is 0 Å². The van der Waals surface area contributed by atoms with Crippen LogP contribution in [0.25, 0.3) is 0 Å². The molecule has 2 aliphatic rings. The molecule has 2 fully saturated rings. The summed E-state index contributed by atoms with van der Waals surface area (Å²) in [5.41, 5.74) is 0. The van der Waals surface area contributed by atoms with E-state index in [9.17, 15) is 0 Å². The van der Waals surface area contributed by atoms with Crippen LogP contribution in [0.5, 0.6) is 0 Å². The summed E-state index contributed by atoms with van der Waals surface area (Å²) in [5, 5.41) is 9.04. The Hall–Kier alpha value is -0.120. The first-order chi connectivity index (χ1) is 7.31. The molecule has 1 saturated heterocycles. The normalized spacial score (nSPS) is 31.2. The number of rotatable bonds is 3. The molecular weight excluding hydrogens is 188 g/mol. The minimum Gasteiger partial charge on any atom is -0.396 e. The highest BCUT2D eigenvalue weighted by Crippen LogP contribution is 2.25. The van der Waals surface area contributed by atoms with Crippen LogP contribution in [0.1, 0.15) is 32.1 Å².